The maximum absolute atomic E-state index is 2.48. The second-order valence-corrected chi connectivity index (χ2v) is 13.7. The summed E-state index contributed by atoms with van der Waals surface area (Å²) in [5.74, 6) is 0. The van der Waals surface area contributed by atoms with Gasteiger partial charge in [0.1, 0.15) is 0 Å². The first-order valence-electron chi connectivity index (χ1n) is 10.4. The Morgan fingerprint density at radius 2 is 0.968 bits per heavy atom. The van der Waals surface area contributed by atoms with Crippen LogP contribution in [0.5, 0.6) is 0 Å². The van der Waals surface area contributed by atoms with Crippen LogP contribution >= 0.6 is 0 Å². The summed E-state index contributed by atoms with van der Waals surface area (Å²) < 4.78 is 1.39. The molecule has 2 aliphatic rings. The molecule has 0 nitrogen and oxygen atoms in total. The third-order valence-electron chi connectivity index (χ3n) is 6.62. The van der Waals surface area contributed by atoms with Crippen molar-refractivity contribution < 1.29 is 47.7 Å². The van der Waals surface area contributed by atoms with E-state index in [1.54, 1.807) is 22.3 Å². The van der Waals surface area contributed by atoms with Gasteiger partial charge in [0.2, 0.25) is 0 Å². The van der Waals surface area contributed by atoms with Crippen LogP contribution in [-0.4, -0.2) is 0 Å². The van der Waals surface area contributed by atoms with E-state index in [9.17, 15) is 0 Å². The van der Waals surface area contributed by atoms with Crippen LogP contribution in [0.15, 0.2) is 83.9 Å². The molecule has 4 aromatic carbocycles. The maximum atomic E-state index is 2.48. The van der Waals surface area contributed by atoms with Gasteiger partial charge in [0, 0.05) is 0 Å². The normalized spacial score (nSPS) is 18.4. The van der Waals surface area contributed by atoms with E-state index in [-0.39, 0.29) is 24.8 Å². The van der Waals surface area contributed by atoms with Gasteiger partial charge in [-0.1, -0.05) is 0 Å². The number of rotatable bonds is 2. The minimum absolute atomic E-state index is 0. The van der Waals surface area contributed by atoms with Crippen LogP contribution in [0.3, 0.4) is 0 Å². The number of hydrogen-bond acceptors (Lipinski definition) is 0. The van der Waals surface area contributed by atoms with Crippen molar-refractivity contribution in [2.24, 2.45) is 0 Å². The molecule has 0 spiro atoms. The molecule has 31 heavy (non-hydrogen) atoms. The van der Waals surface area contributed by atoms with Crippen LogP contribution < -0.4 is 24.8 Å². The van der Waals surface area contributed by atoms with E-state index in [2.05, 4.69) is 98.8 Å². The van der Waals surface area contributed by atoms with Gasteiger partial charge in [-0.3, -0.25) is 0 Å². The zero-order valence-corrected chi connectivity index (χ0v) is 22.6. The molecule has 2 unspecified atom stereocenters. The summed E-state index contributed by atoms with van der Waals surface area (Å²) in [5, 5.41) is 5.55. The Kier molecular flexibility index (Phi) is 6.32. The van der Waals surface area contributed by atoms with Crippen LogP contribution in [0.4, 0.5) is 0 Å². The molecule has 0 heterocycles. The minimum Gasteiger partial charge on any atom is -1.00 e. The molecule has 0 radical (unpaired) electrons. The Balaban J connectivity index is 0.00000116. The van der Waals surface area contributed by atoms with Gasteiger partial charge >= 0.3 is 184 Å². The third kappa shape index (κ3) is 3.55. The summed E-state index contributed by atoms with van der Waals surface area (Å²) in [7, 11) is 0. The Bertz CT molecular complexity index is 1260. The van der Waals surface area contributed by atoms with Gasteiger partial charge in [0.15, 0.2) is 0 Å². The van der Waals surface area contributed by atoms with Gasteiger partial charge in [-0.25, -0.2) is 0 Å². The zero-order valence-electron chi connectivity index (χ0n) is 17.5. The van der Waals surface area contributed by atoms with Crippen LogP contribution in [0, 0.1) is 0 Å². The van der Waals surface area contributed by atoms with E-state index in [4.69, 9.17) is 0 Å². The van der Waals surface area contributed by atoms with E-state index < -0.39 is 22.9 Å². The first-order chi connectivity index (χ1) is 14.2. The van der Waals surface area contributed by atoms with Crippen LogP contribution in [0.25, 0.3) is 33.7 Å². The molecule has 0 N–H and O–H groups in total. The van der Waals surface area contributed by atoms with Crippen LogP contribution in [0.2, 0.25) is 0 Å². The van der Waals surface area contributed by atoms with Crippen molar-refractivity contribution in [2.45, 2.75) is 21.2 Å². The van der Waals surface area contributed by atoms with Gasteiger partial charge in [0.25, 0.3) is 0 Å². The van der Waals surface area contributed by atoms with Gasteiger partial charge in [0.05, 0.1) is 0 Å². The quantitative estimate of drug-likeness (QED) is 0.305. The molecule has 0 aromatic heterocycles. The third-order valence-corrected chi connectivity index (χ3v) is 14.5. The molecule has 0 fully saturated rings. The molecular formula is C28H22Cl2Hf. The number of hydrogen-bond donors (Lipinski definition) is 0. The average Bonchev–Trinajstić information content (AvgIpc) is 3.25. The van der Waals surface area contributed by atoms with Crippen molar-refractivity contribution >= 4 is 33.7 Å². The smallest absolute Gasteiger partial charge is 1.00 e. The molecule has 2 aliphatic carbocycles. The Labute approximate surface area is 207 Å². The van der Waals surface area contributed by atoms with Crippen molar-refractivity contribution in [3.8, 4) is 0 Å². The monoisotopic (exact) mass is 608 g/mol. The Morgan fingerprint density at radius 3 is 1.42 bits per heavy atom. The fourth-order valence-corrected chi connectivity index (χ4v) is 12.0. The van der Waals surface area contributed by atoms with E-state index in [0.29, 0.717) is 7.35 Å². The molecule has 0 bridgehead atoms. The average molecular weight is 608 g/mol. The fraction of sp³-hybridized carbons (Fsp3) is 0.143. The topological polar surface area (TPSA) is 0 Å². The SMILES string of the molecule is CC1=Cc2c(ccc3ccccc23)[CH]1[Hf+2][CH]1C(C)=Cc2c1ccc1ccccc21.[Cl-].[Cl-]. The molecule has 2 atom stereocenters. The molecule has 152 valence electrons. The molecule has 0 aliphatic heterocycles. The first kappa shape index (κ1) is 22.5. The van der Waals surface area contributed by atoms with Gasteiger partial charge < -0.3 is 24.8 Å². The summed E-state index contributed by atoms with van der Waals surface area (Å²) >= 11 is -1.05. The summed E-state index contributed by atoms with van der Waals surface area (Å²) in [4.78, 5) is 0. The largest absolute Gasteiger partial charge is 1.00 e. The first-order valence-corrected chi connectivity index (χ1v) is 14.5. The maximum Gasteiger partial charge on any atom is -1.00 e. The van der Waals surface area contributed by atoms with Crippen molar-refractivity contribution in [2.75, 3.05) is 0 Å². The Hall–Kier alpha value is -1.67. The molecule has 4 aromatic rings. The summed E-state index contributed by atoms with van der Waals surface area (Å²) in [6, 6.07) is 27.2. The van der Waals surface area contributed by atoms with Gasteiger partial charge in [-0.2, -0.15) is 0 Å². The Morgan fingerprint density at radius 1 is 0.548 bits per heavy atom. The predicted molar refractivity (Wildman–Crippen MR) is 121 cm³/mol. The van der Waals surface area contributed by atoms with E-state index in [0.717, 1.165) is 0 Å². The molecule has 3 heteroatoms. The molecule has 6 rings (SSSR count). The molecule has 0 amide bonds. The van der Waals surface area contributed by atoms with Crippen molar-refractivity contribution in [3.63, 3.8) is 0 Å². The van der Waals surface area contributed by atoms with Crippen LogP contribution in [-0.2, 0) is 22.9 Å². The number of fused-ring (bicyclic) bond motifs is 6. The van der Waals surface area contributed by atoms with Gasteiger partial charge in [-0.15, -0.1) is 0 Å². The van der Waals surface area contributed by atoms with Crippen molar-refractivity contribution in [1.29, 1.82) is 0 Å². The zero-order chi connectivity index (χ0) is 19.5. The minimum atomic E-state index is -1.05. The predicted octanol–water partition coefficient (Wildman–Crippen LogP) is 1.70. The van der Waals surface area contributed by atoms with E-state index in [1.807, 2.05) is 0 Å². The standard InChI is InChI=1S/2C14H11.2ClH.Hf/c2*1-10-8-12-7-6-11-4-2-3-5-13(11)14(12)9-10;;;/h2*2-9H,1H3;2*1H;/q;;;;+2/p-2. The van der Waals surface area contributed by atoms with Crippen molar-refractivity contribution in [1.82, 2.24) is 0 Å². The van der Waals surface area contributed by atoms with E-state index in [1.165, 1.54) is 32.7 Å². The molecule has 0 saturated heterocycles. The summed E-state index contributed by atoms with van der Waals surface area (Å²) in [5.41, 5.74) is 9.31. The van der Waals surface area contributed by atoms with Crippen LogP contribution in [0.1, 0.15) is 43.5 Å². The fourth-order valence-electron chi connectivity index (χ4n) is 5.17. The number of benzene rings is 4. The van der Waals surface area contributed by atoms with E-state index >= 15 is 0 Å². The molecule has 0 saturated carbocycles. The second kappa shape index (κ2) is 8.70. The second-order valence-electron chi connectivity index (χ2n) is 8.39. The van der Waals surface area contributed by atoms with Gasteiger partial charge in [-0.05, 0) is 0 Å². The molecular weight excluding hydrogens is 586 g/mol. The summed E-state index contributed by atoms with van der Waals surface area (Å²) in [6.45, 7) is 4.73. The number of halogens is 2. The van der Waals surface area contributed by atoms with Crippen molar-refractivity contribution in [3.05, 3.63) is 106 Å². The summed E-state index contributed by atoms with van der Waals surface area (Å²) in [6.07, 6.45) is 4.95. The number of allylic oxidation sites excluding steroid dienone is 2.